The van der Waals surface area contributed by atoms with Crippen LogP contribution in [0.5, 0.6) is 0 Å². The third kappa shape index (κ3) is 4.10. The first-order valence-corrected chi connectivity index (χ1v) is 8.43. The number of hydrogen-bond acceptors (Lipinski definition) is 3. The van der Waals surface area contributed by atoms with Gasteiger partial charge in [0.05, 0.1) is 7.11 Å². The highest BCUT2D eigenvalue weighted by Crippen LogP contribution is 2.37. The average Bonchev–Trinajstić information content (AvgIpc) is 2.14. The van der Waals surface area contributed by atoms with Crippen molar-refractivity contribution in [3.63, 3.8) is 0 Å². The summed E-state index contributed by atoms with van der Waals surface area (Å²) in [5.74, 6) is -0.315. The van der Waals surface area contributed by atoms with Crippen LogP contribution in [0.15, 0.2) is 12.7 Å². The van der Waals surface area contributed by atoms with E-state index < -0.39 is 14.4 Å². The van der Waals surface area contributed by atoms with Crippen LogP contribution in [0.3, 0.4) is 0 Å². The summed E-state index contributed by atoms with van der Waals surface area (Å²) in [4.78, 5) is 11.5. The van der Waals surface area contributed by atoms with Crippen molar-refractivity contribution in [2.24, 2.45) is 0 Å². The normalized spacial score (nSPS) is 14.4. The van der Waals surface area contributed by atoms with Crippen molar-refractivity contribution >= 4 is 14.3 Å². The Morgan fingerprint density at radius 3 is 2.25 bits per heavy atom. The largest absolute Gasteiger partial charge is 0.467 e. The number of esters is 1. The summed E-state index contributed by atoms with van der Waals surface area (Å²) in [5, 5.41) is 0.0838. The molecule has 3 nitrogen and oxygen atoms in total. The zero-order valence-corrected chi connectivity index (χ0v) is 12.3. The van der Waals surface area contributed by atoms with E-state index in [1.54, 1.807) is 6.08 Å². The zero-order chi connectivity index (χ0) is 13.0. The van der Waals surface area contributed by atoms with Gasteiger partial charge in [-0.25, -0.2) is 4.79 Å². The molecule has 94 valence electrons. The number of hydrogen-bond donors (Lipinski definition) is 0. The molecule has 0 aliphatic carbocycles. The number of ether oxygens (including phenoxy) is 1. The Morgan fingerprint density at radius 2 is 1.94 bits per heavy atom. The van der Waals surface area contributed by atoms with Crippen molar-refractivity contribution in [2.75, 3.05) is 7.11 Å². The second-order valence-electron chi connectivity index (χ2n) is 5.41. The minimum atomic E-state index is -1.93. The molecule has 0 bridgehead atoms. The predicted octanol–water partition coefficient (Wildman–Crippen LogP) is 3.13. The lowest BCUT2D eigenvalue weighted by Crippen LogP contribution is -2.46. The van der Waals surface area contributed by atoms with E-state index in [0.29, 0.717) is 6.42 Å². The molecule has 0 aromatic rings. The SMILES string of the molecule is C=CC[C@H](O[Si](C)(C)C(C)(C)C)C(=O)OC. The van der Waals surface area contributed by atoms with E-state index in [1.807, 2.05) is 0 Å². The van der Waals surface area contributed by atoms with E-state index in [4.69, 9.17) is 9.16 Å². The number of rotatable bonds is 5. The van der Waals surface area contributed by atoms with Crippen LogP contribution < -0.4 is 0 Å². The first-order valence-electron chi connectivity index (χ1n) is 5.52. The fourth-order valence-corrected chi connectivity index (χ4v) is 2.26. The maximum absolute atomic E-state index is 11.5. The Hall–Kier alpha value is -0.613. The molecular weight excluding hydrogens is 220 g/mol. The van der Waals surface area contributed by atoms with Crippen molar-refractivity contribution in [3.8, 4) is 0 Å². The Labute approximate surface area is 100.0 Å². The maximum atomic E-state index is 11.5. The Morgan fingerprint density at radius 1 is 1.44 bits per heavy atom. The van der Waals surface area contributed by atoms with Gasteiger partial charge in [0.1, 0.15) is 6.10 Å². The van der Waals surface area contributed by atoms with E-state index in [9.17, 15) is 4.79 Å². The van der Waals surface area contributed by atoms with E-state index in [1.165, 1.54) is 7.11 Å². The molecule has 0 radical (unpaired) electrons. The molecule has 0 spiro atoms. The number of methoxy groups -OCH3 is 1. The van der Waals surface area contributed by atoms with Gasteiger partial charge in [-0.2, -0.15) is 0 Å². The molecule has 4 heteroatoms. The van der Waals surface area contributed by atoms with Gasteiger partial charge in [0, 0.05) is 6.42 Å². The van der Waals surface area contributed by atoms with Gasteiger partial charge in [-0.1, -0.05) is 26.8 Å². The van der Waals surface area contributed by atoms with E-state index >= 15 is 0 Å². The van der Waals surface area contributed by atoms with Crippen molar-refractivity contribution in [3.05, 3.63) is 12.7 Å². The van der Waals surface area contributed by atoms with E-state index in [2.05, 4.69) is 40.4 Å². The fraction of sp³-hybridized carbons (Fsp3) is 0.750. The average molecular weight is 244 g/mol. The molecule has 0 saturated heterocycles. The lowest BCUT2D eigenvalue weighted by Gasteiger charge is -2.38. The first-order chi connectivity index (χ1) is 7.15. The molecule has 1 atom stereocenters. The maximum Gasteiger partial charge on any atom is 0.334 e. The van der Waals surface area contributed by atoms with E-state index in [-0.39, 0.29) is 11.0 Å². The monoisotopic (exact) mass is 244 g/mol. The number of carbonyl (C=O) groups is 1. The Balaban J connectivity index is 4.75. The van der Waals surface area contributed by atoms with Crippen LogP contribution in [0.2, 0.25) is 18.1 Å². The molecule has 0 aliphatic rings. The van der Waals surface area contributed by atoms with Crippen molar-refractivity contribution < 1.29 is 14.0 Å². The standard InChI is InChI=1S/C12H24O3Si/c1-8-9-10(11(13)14-5)15-16(6,7)12(2,3)4/h8,10H,1,9H2,2-7H3/t10-/m0/s1. The third-order valence-electron chi connectivity index (χ3n) is 3.09. The summed E-state index contributed by atoms with van der Waals surface area (Å²) in [6.45, 7) is 14.3. The van der Waals surface area contributed by atoms with Crippen molar-refractivity contribution in [1.29, 1.82) is 0 Å². The zero-order valence-electron chi connectivity index (χ0n) is 11.3. The molecule has 0 amide bonds. The molecule has 0 N–H and O–H groups in total. The van der Waals surface area contributed by atoms with Crippen LogP contribution >= 0.6 is 0 Å². The van der Waals surface area contributed by atoms with E-state index in [0.717, 1.165) is 0 Å². The molecule has 0 aromatic carbocycles. The minimum Gasteiger partial charge on any atom is -0.467 e. The predicted molar refractivity (Wildman–Crippen MR) is 68.9 cm³/mol. The number of carbonyl (C=O) groups excluding carboxylic acids is 1. The minimum absolute atomic E-state index is 0.0838. The van der Waals surface area contributed by atoms with Crippen molar-refractivity contribution in [2.45, 2.75) is 51.4 Å². The van der Waals surface area contributed by atoms with Crippen LogP contribution in [-0.2, 0) is 14.0 Å². The smallest absolute Gasteiger partial charge is 0.334 e. The highest BCUT2D eigenvalue weighted by molar-refractivity contribution is 6.74. The Kier molecular flexibility index (Phi) is 5.42. The lowest BCUT2D eigenvalue weighted by atomic mass is 10.2. The van der Waals surface area contributed by atoms with Crippen LogP contribution in [0.1, 0.15) is 27.2 Å². The first kappa shape index (κ1) is 15.4. The molecular formula is C12H24O3Si. The lowest BCUT2D eigenvalue weighted by molar-refractivity contribution is -0.149. The quantitative estimate of drug-likeness (QED) is 0.423. The summed E-state index contributed by atoms with van der Waals surface area (Å²) < 4.78 is 10.7. The van der Waals surface area contributed by atoms with Crippen LogP contribution in [0.4, 0.5) is 0 Å². The van der Waals surface area contributed by atoms with Gasteiger partial charge in [0.2, 0.25) is 0 Å². The van der Waals surface area contributed by atoms with Gasteiger partial charge in [-0.15, -0.1) is 6.58 Å². The van der Waals surface area contributed by atoms with Crippen LogP contribution in [0.25, 0.3) is 0 Å². The van der Waals surface area contributed by atoms with Gasteiger partial charge < -0.3 is 9.16 Å². The van der Waals surface area contributed by atoms with Crippen molar-refractivity contribution in [1.82, 2.24) is 0 Å². The second-order valence-corrected chi connectivity index (χ2v) is 10.2. The second kappa shape index (κ2) is 5.64. The third-order valence-corrected chi connectivity index (χ3v) is 7.57. The fourth-order valence-electron chi connectivity index (χ4n) is 1.01. The van der Waals surface area contributed by atoms with Gasteiger partial charge in [-0.05, 0) is 18.1 Å². The molecule has 0 aliphatic heterocycles. The summed E-state index contributed by atoms with van der Waals surface area (Å²) in [6, 6.07) is 0. The van der Waals surface area contributed by atoms with Gasteiger partial charge in [0.25, 0.3) is 0 Å². The summed E-state index contributed by atoms with van der Waals surface area (Å²) >= 11 is 0. The molecule has 0 heterocycles. The summed E-state index contributed by atoms with van der Waals surface area (Å²) in [6.07, 6.45) is 1.68. The molecule has 0 fully saturated rings. The highest BCUT2D eigenvalue weighted by atomic mass is 28.4. The topological polar surface area (TPSA) is 35.5 Å². The Bertz CT molecular complexity index is 253. The molecule has 0 aromatic heterocycles. The molecule has 0 rings (SSSR count). The molecule has 16 heavy (non-hydrogen) atoms. The molecule has 0 unspecified atom stereocenters. The van der Waals surface area contributed by atoms with Gasteiger partial charge in [-0.3, -0.25) is 0 Å². The molecule has 0 saturated carbocycles. The summed E-state index contributed by atoms with van der Waals surface area (Å²) in [7, 11) is -0.551. The van der Waals surface area contributed by atoms with Crippen LogP contribution in [-0.4, -0.2) is 27.5 Å². The van der Waals surface area contributed by atoms with Gasteiger partial charge in [0.15, 0.2) is 8.32 Å². The van der Waals surface area contributed by atoms with Gasteiger partial charge >= 0.3 is 5.97 Å². The summed E-state index contributed by atoms with van der Waals surface area (Å²) in [5.41, 5.74) is 0. The highest BCUT2D eigenvalue weighted by Gasteiger charge is 2.40. The van der Waals surface area contributed by atoms with Crippen LogP contribution in [0, 0.1) is 0 Å².